The largest absolute Gasteiger partial charge is 0.307 e. The number of hydrogen-bond donors (Lipinski definition) is 0. The molecule has 0 amide bonds. The van der Waals surface area contributed by atoms with Crippen LogP contribution in [0.4, 0.5) is 4.39 Å². The number of aromatic nitrogens is 2. The van der Waals surface area contributed by atoms with Crippen molar-refractivity contribution in [2.75, 3.05) is 0 Å². The number of aryl methyl sites for hydroxylation is 3. The van der Waals surface area contributed by atoms with Gasteiger partial charge in [-0.2, -0.15) is 0 Å². The molecule has 0 atom stereocenters. The molecule has 2 nitrogen and oxygen atoms in total. The number of nitrogens with zero attached hydrogens (tertiary/aromatic N) is 2. The fourth-order valence-electron chi connectivity index (χ4n) is 5.34. The van der Waals surface area contributed by atoms with Crippen LogP contribution in [0.1, 0.15) is 11.1 Å². The van der Waals surface area contributed by atoms with Gasteiger partial charge in [-0.25, -0.2) is 8.96 Å². The van der Waals surface area contributed by atoms with Crippen LogP contribution in [0.2, 0.25) is 19.6 Å². The molecular formula is C27H26FN2Si+. The van der Waals surface area contributed by atoms with Gasteiger partial charge in [0.1, 0.15) is 12.9 Å². The van der Waals surface area contributed by atoms with Crippen LogP contribution < -0.4 is 9.75 Å². The lowest BCUT2D eigenvalue weighted by Crippen LogP contribution is -2.38. The van der Waals surface area contributed by atoms with E-state index < -0.39 is 8.07 Å². The van der Waals surface area contributed by atoms with Crippen LogP contribution in [0.25, 0.3) is 49.0 Å². The first-order valence-corrected chi connectivity index (χ1v) is 14.4. The molecule has 3 aromatic heterocycles. The van der Waals surface area contributed by atoms with E-state index in [4.69, 9.17) is 0 Å². The van der Waals surface area contributed by atoms with Crippen LogP contribution in [0.15, 0.2) is 48.7 Å². The predicted molar refractivity (Wildman–Crippen MR) is 132 cm³/mol. The first-order chi connectivity index (χ1) is 14.7. The summed E-state index contributed by atoms with van der Waals surface area (Å²) in [5.41, 5.74) is 6.96. The van der Waals surface area contributed by atoms with E-state index in [0.29, 0.717) is 0 Å². The Bertz CT molecular complexity index is 1700. The Morgan fingerprint density at radius 3 is 2.42 bits per heavy atom. The Kier molecular flexibility index (Phi) is 3.53. The summed E-state index contributed by atoms with van der Waals surface area (Å²) in [5, 5.41) is 6.91. The molecule has 0 saturated heterocycles. The molecule has 3 heterocycles. The van der Waals surface area contributed by atoms with Gasteiger partial charge in [-0.15, -0.1) is 0 Å². The molecule has 0 unspecified atom stereocenters. The van der Waals surface area contributed by atoms with Crippen LogP contribution in [0, 0.1) is 19.7 Å². The van der Waals surface area contributed by atoms with Crippen molar-refractivity contribution >= 4 is 62.3 Å². The Balaban J connectivity index is 2.10. The van der Waals surface area contributed by atoms with E-state index in [1.807, 2.05) is 6.07 Å². The molecule has 0 N–H and O–H groups in total. The van der Waals surface area contributed by atoms with E-state index in [2.05, 4.69) is 86.0 Å². The molecule has 0 saturated carbocycles. The standard InChI is InChI=1S/C27H26FN2Si/c1-15-12-19-25-20(28)8-7-9-21(25)30-22-14-18(31(4,5)6)13-17-10-11-29(3)27(24(17)22)23(16(15)2)26(19)30/h7-14H,1-6H3/q+1. The SMILES string of the molecule is Cc1cc2c3c(F)cccc3n3c4cc([Si](C)(C)C)cc5cc[n+](C)c(c(c1C)c23)c54. The second-order valence-corrected chi connectivity index (χ2v) is 15.1. The fraction of sp³-hybridized carbons (Fsp3) is 0.222. The number of halogens is 1. The van der Waals surface area contributed by atoms with Crippen molar-refractivity contribution in [3.63, 3.8) is 0 Å². The minimum Gasteiger partial charge on any atom is -0.307 e. The Morgan fingerprint density at radius 2 is 1.68 bits per heavy atom. The first-order valence-electron chi connectivity index (χ1n) is 10.9. The fourth-order valence-corrected chi connectivity index (χ4v) is 6.50. The summed E-state index contributed by atoms with van der Waals surface area (Å²) in [4.78, 5) is 0. The summed E-state index contributed by atoms with van der Waals surface area (Å²) >= 11 is 0. The van der Waals surface area contributed by atoms with E-state index in [0.717, 1.165) is 21.8 Å². The summed E-state index contributed by atoms with van der Waals surface area (Å²) in [6.45, 7) is 11.5. The van der Waals surface area contributed by atoms with E-state index in [9.17, 15) is 0 Å². The monoisotopic (exact) mass is 425 g/mol. The maximum Gasteiger partial charge on any atom is 0.224 e. The molecule has 3 aromatic carbocycles. The molecule has 0 radical (unpaired) electrons. The molecule has 0 fully saturated rings. The zero-order valence-corrected chi connectivity index (χ0v) is 19.9. The highest BCUT2D eigenvalue weighted by Crippen LogP contribution is 2.42. The van der Waals surface area contributed by atoms with Crippen LogP contribution in [-0.2, 0) is 7.05 Å². The van der Waals surface area contributed by atoms with Crippen molar-refractivity contribution in [1.29, 1.82) is 0 Å². The third kappa shape index (κ3) is 2.29. The topological polar surface area (TPSA) is 8.29 Å². The molecule has 4 heteroatoms. The van der Waals surface area contributed by atoms with Crippen molar-refractivity contribution in [3.8, 4) is 0 Å². The van der Waals surface area contributed by atoms with Crippen LogP contribution in [-0.4, -0.2) is 12.5 Å². The summed E-state index contributed by atoms with van der Waals surface area (Å²) < 4.78 is 19.8. The number of hydrogen-bond acceptors (Lipinski definition) is 0. The molecule has 6 aromatic rings. The molecule has 0 aliphatic heterocycles. The van der Waals surface area contributed by atoms with Crippen molar-refractivity contribution in [3.05, 3.63) is 65.6 Å². The zero-order chi connectivity index (χ0) is 21.8. The van der Waals surface area contributed by atoms with Crippen molar-refractivity contribution in [2.45, 2.75) is 33.5 Å². The molecular weight excluding hydrogens is 399 g/mol. The average molecular weight is 426 g/mol. The van der Waals surface area contributed by atoms with Crippen molar-refractivity contribution < 1.29 is 8.96 Å². The number of benzene rings is 3. The van der Waals surface area contributed by atoms with Gasteiger partial charge >= 0.3 is 0 Å². The lowest BCUT2D eigenvalue weighted by Gasteiger charge is -2.20. The van der Waals surface area contributed by atoms with Gasteiger partial charge in [-0.3, -0.25) is 0 Å². The number of fused-ring (bicyclic) bond motifs is 5. The van der Waals surface area contributed by atoms with Gasteiger partial charge in [0, 0.05) is 16.8 Å². The first kappa shape index (κ1) is 18.8. The third-order valence-corrected chi connectivity index (χ3v) is 9.12. The quantitative estimate of drug-likeness (QED) is 0.130. The molecule has 0 aliphatic carbocycles. The second kappa shape index (κ2) is 5.83. The predicted octanol–water partition coefficient (Wildman–Crippen LogP) is 6.12. The van der Waals surface area contributed by atoms with E-state index in [1.165, 1.54) is 43.5 Å². The van der Waals surface area contributed by atoms with Gasteiger partial charge < -0.3 is 4.40 Å². The van der Waals surface area contributed by atoms with Gasteiger partial charge in [0.25, 0.3) is 0 Å². The molecule has 154 valence electrons. The smallest absolute Gasteiger partial charge is 0.224 e. The van der Waals surface area contributed by atoms with Gasteiger partial charge in [-0.05, 0) is 54.6 Å². The summed E-state index contributed by atoms with van der Waals surface area (Å²) in [7, 11) is 0.571. The average Bonchev–Trinajstić information content (AvgIpc) is 3.04. The van der Waals surface area contributed by atoms with Gasteiger partial charge in [0.15, 0.2) is 6.20 Å². The lowest BCUT2D eigenvalue weighted by atomic mass is 9.96. The highest BCUT2D eigenvalue weighted by atomic mass is 28.3. The minimum atomic E-state index is -1.55. The van der Waals surface area contributed by atoms with Gasteiger partial charge in [0.05, 0.1) is 35.4 Å². The second-order valence-electron chi connectivity index (χ2n) is 10.0. The zero-order valence-electron chi connectivity index (χ0n) is 18.9. The van der Waals surface area contributed by atoms with Gasteiger partial charge in [0.2, 0.25) is 5.52 Å². The normalized spacial score (nSPS) is 13.0. The number of rotatable bonds is 1. The Hall–Kier alpha value is -2.98. The molecule has 0 spiro atoms. The Labute approximate surface area is 181 Å². The maximum atomic E-state index is 15.2. The highest BCUT2D eigenvalue weighted by molar-refractivity contribution is 6.89. The van der Waals surface area contributed by atoms with E-state index in [-0.39, 0.29) is 5.82 Å². The maximum absolute atomic E-state index is 15.2. The highest BCUT2D eigenvalue weighted by Gasteiger charge is 2.27. The molecule has 0 bridgehead atoms. The molecule has 31 heavy (non-hydrogen) atoms. The van der Waals surface area contributed by atoms with Gasteiger partial charge in [-0.1, -0.05) is 37.0 Å². The van der Waals surface area contributed by atoms with Crippen LogP contribution >= 0.6 is 0 Å². The van der Waals surface area contributed by atoms with Crippen molar-refractivity contribution in [2.24, 2.45) is 7.05 Å². The van der Waals surface area contributed by atoms with Crippen molar-refractivity contribution in [1.82, 2.24) is 4.40 Å². The third-order valence-electron chi connectivity index (χ3n) is 7.10. The van der Waals surface area contributed by atoms with Crippen LogP contribution in [0.5, 0.6) is 0 Å². The van der Waals surface area contributed by atoms with E-state index in [1.54, 1.807) is 6.07 Å². The summed E-state index contributed by atoms with van der Waals surface area (Å²) in [5.74, 6) is -0.150. The molecule has 6 rings (SSSR count). The summed E-state index contributed by atoms with van der Waals surface area (Å²) in [6.07, 6.45) is 2.17. The Morgan fingerprint density at radius 1 is 0.903 bits per heavy atom. The van der Waals surface area contributed by atoms with E-state index >= 15 is 4.39 Å². The number of pyridine rings is 2. The molecule has 0 aliphatic rings. The summed E-state index contributed by atoms with van der Waals surface area (Å²) in [6, 6.07) is 14.6. The lowest BCUT2D eigenvalue weighted by molar-refractivity contribution is -0.643. The van der Waals surface area contributed by atoms with Crippen LogP contribution in [0.3, 0.4) is 0 Å². The minimum absolute atomic E-state index is 0.150.